The Morgan fingerprint density at radius 3 is 2.45 bits per heavy atom. The number of benzene rings is 1. The average molecular weight is 284 g/mol. The first kappa shape index (κ1) is 14.7. The maximum Gasteiger partial charge on any atom is 0.256 e. The molecule has 4 nitrogen and oxygen atoms in total. The number of amides is 1. The number of aliphatic hydroxyl groups excluding tert-OH is 1. The topological polar surface area (TPSA) is 66.6 Å². The summed E-state index contributed by atoms with van der Waals surface area (Å²) >= 11 is 0. The molecule has 6 heteroatoms. The fraction of sp³-hybridized carbons (Fsp3) is 0.500. The van der Waals surface area contributed by atoms with E-state index in [-0.39, 0.29) is 17.2 Å². The number of anilines is 1. The highest BCUT2D eigenvalue weighted by molar-refractivity contribution is 5.99. The average Bonchev–Trinajstić information content (AvgIpc) is 2.42. The molecular formula is C14H18F2N2O2. The molecule has 1 atom stereocenters. The normalized spacial score (nSPS) is 18.1. The molecular weight excluding hydrogens is 266 g/mol. The summed E-state index contributed by atoms with van der Waals surface area (Å²) in [5.41, 5.74) is 5.50. The van der Waals surface area contributed by atoms with Crippen LogP contribution in [0.5, 0.6) is 0 Å². The van der Waals surface area contributed by atoms with Gasteiger partial charge in [-0.3, -0.25) is 4.79 Å². The number of nitrogens with two attached hydrogens (primary N) is 1. The monoisotopic (exact) mass is 284 g/mol. The van der Waals surface area contributed by atoms with Crippen molar-refractivity contribution in [2.24, 2.45) is 5.92 Å². The van der Waals surface area contributed by atoms with Crippen molar-refractivity contribution in [3.63, 3.8) is 0 Å². The van der Waals surface area contributed by atoms with E-state index in [9.17, 15) is 18.7 Å². The van der Waals surface area contributed by atoms with E-state index >= 15 is 0 Å². The van der Waals surface area contributed by atoms with Crippen LogP contribution in [0.1, 0.15) is 30.1 Å². The maximum atomic E-state index is 13.2. The molecule has 0 saturated carbocycles. The van der Waals surface area contributed by atoms with Gasteiger partial charge in [-0.2, -0.15) is 0 Å². The van der Waals surface area contributed by atoms with Gasteiger partial charge in [0.25, 0.3) is 5.91 Å². The van der Waals surface area contributed by atoms with E-state index in [0.29, 0.717) is 25.9 Å². The van der Waals surface area contributed by atoms with Crippen molar-refractivity contribution in [1.29, 1.82) is 0 Å². The molecule has 0 bridgehead atoms. The van der Waals surface area contributed by atoms with Crippen molar-refractivity contribution >= 4 is 11.6 Å². The number of hydrogen-bond donors (Lipinski definition) is 2. The van der Waals surface area contributed by atoms with Crippen LogP contribution >= 0.6 is 0 Å². The lowest BCUT2D eigenvalue weighted by molar-refractivity contribution is 0.0522. The molecule has 2 rings (SSSR count). The Hall–Kier alpha value is -1.69. The van der Waals surface area contributed by atoms with Crippen molar-refractivity contribution in [1.82, 2.24) is 4.90 Å². The van der Waals surface area contributed by atoms with Crippen LogP contribution in [-0.2, 0) is 0 Å². The van der Waals surface area contributed by atoms with Gasteiger partial charge in [-0.15, -0.1) is 0 Å². The second-order valence-electron chi connectivity index (χ2n) is 5.22. The molecule has 1 aliphatic rings. The lowest BCUT2D eigenvalue weighted by Gasteiger charge is -2.33. The van der Waals surface area contributed by atoms with Crippen LogP contribution < -0.4 is 5.73 Å². The Bertz CT molecular complexity index is 512. The Morgan fingerprint density at radius 2 is 1.90 bits per heavy atom. The van der Waals surface area contributed by atoms with Gasteiger partial charge < -0.3 is 15.7 Å². The highest BCUT2D eigenvalue weighted by Crippen LogP contribution is 2.24. The molecule has 0 spiro atoms. The third-order valence-electron chi connectivity index (χ3n) is 3.83. The lowest BCUT2D eigenvalue weighted by atomic mass is 9.92. The molecule has 0 aliphatic carbocycles. The van der Waals surface area contributed by atoms with Crippen molar-refractivity contribution in [3.05, 3.63) is 29.3 Å². The number of nitrogen functional groups attached to an aromatic ring is 1. The number of carbonyl (C=O) groups excluding carboxylic acids is 1. The van der Waals surface area contributed by atoms with Gasteiger partial charge in [-0.05, 0) is 31.7 Å². The molecule has 1 aliphatic heterocycles. The molecule has 1 amide bonds. The summed E-state index contributed by atoms with van der Waals surface area (Å²) in [7, 11) is 0. The van der Waals surface area contributed by atoms with E-state index < -0.39 is 23.6 Å². The van der Waals surface area contributed by atoms with Crippen molar-refractivity contribution in [3.8, 4) is 0 Å². The Kier molecular flexibility index (Phi) is 4.23. The van der Waals surface area contributed by atoms with Crippen LogP contribution in [0.3, 0.4) is 0 Å². The molecule has 1 unspecified atom stereocenters. The molecule has 3 N–H and O–H groups in total. The highest BCUT2D eigenvalue weighted by atomic mass is 19.2. The van der Waals surface area contributed by atoms with Gasteiger partial charge in [0.05, 0.1) is 11.7 Å². The smallest absolute Gasteiger partial charge is 0.256 e. The molecule has 20 heavy (non-hydrogen) atoms. The molecule has 1 aromatic rings. The number of aliphatic hydroxyl groups is 1. The third kappa shape index (κ3) is 2.90. The second kappa shape index (κ2) is 5.75. The largest absolute Gasteiger partial charge is 0.398 e. The maximum absolute atomic E-state index is 13.2. The van der Waals surface area contributed by atoms with Gasteiger partial charge >= 0.3 is 0 Å². The van der Waals surface area contributed by atoms with Crippen LogP contribution in [0.25, 0.3) is 0 Å². The van der Waals surface area contributed by atoms with Crippen molar-refractivity contribution in [2.75, 3.05) is 18.8 Å². The minimum atomic E-state index is -1.08. The highest BCUT2D eigenvalue weighted by Gasteiger charge is 2.27. The summed E-state index contributed by atoms with van der Waals surface area (Å²) in [4.78, 5) is 13.8. The number of piperidine rings is 1. The number of rotatable bonds is 2. The number of carbonyl (C=O) groups is 1. The Morgan fingerprint density at radius 1 is 1.35 bits per heavy atom. The van der Waals surface area contributed by atoms with Crippen LogP contribution in [0.2, 0.25) is 0 Å². The van der Waals surface area contributed by atoms with Gasteiger partial charge in [-0.25, -0.2) is 8.78 Å². The van der Waals surface area contributed by atoms with Crippen LogP contribution in [0.4, 0.5) is 14.5 Å². The standard InChI is InChI=1S/C14H18F2N2O2/c1-8(19)9-2-4-18(5-3-9)14(20)10-6-11(15)12(16)7-13(10)17/h6-9,19H,2-5,17H2,1H3. The van der Waals surface area contributed by atoms with E-state index in [1.165, 1.54) is 0 Å². The number of nitrogens with zero attached hydrogens (tertiary/aromatic N) is 1. The molecule has 1 heterocycles. The summed E-state index contributed by atoms with van der Waals surface area (Å²) in [5, 5.41) is 9.52. The van der Waals surface area contributed by atoms with Gasteiger partial charge in [0, 0.05) is 24.8 Å². The SMILES string of the molecule is CC(O)C1CCN(C(=O)c2cc(F)c(F)cc2N)CC1. The third-order valence-corrected chi connectivity index (χ3v) is 3.83. The van der Waals surface area contributed by atoms with E-state index in [0.717, 1.165) is 12.1 Å². The zero-order valence-corrected chi connectivity index (χ0v) is 11.3. The van der Waals surface area contributed by atoms with E-state index in [4.69, 9.17) is 5.73 Å². The van der Waals surface area contributed by atoms with Crippen LogP contribution in [-0.4, -0.2) is 35.1 Å². The quantitative estimate of drug-likeness (QED) is 0.814. The predicted octanol–water partition coefficient (Wildman–Crippen LogP) is 1.78. The summed E-state index contributed by atoms with van der Waals surface area (Å²) in [6.07, 6.45) is 0.973. The second-order valence-corrected chi connectivity index (χ2v) is 5.22. The van der Waals surface area contributed by atoms with Crippen LogP contribution in [0.15, 0.2) is 12.1 Å². The number of halogens is 2. The summed E-state index contributed by atoms with van der Waals surface area (Å²) in [6, 6.07) is 1.67. The van der Waals surface area contributed by atoms with Crippen molar-refractivity contribution < 1.29 is 18.7 Å². The lowest BCUT2D eigenvalue weighted by Crippen LogP contribution is -2.41. The molecule has 110 valence electrons. The Labute approximate surface area is 116 Å². The minimum absolute atomic E-state index is 0.0144. The summed E-state index contributed by atoms with van der Waals surface area (Å²) in [5.74, 6) is -2.37. The van der Waals surface area contributed by atoms with Crippen LogP contribution in [0, 0.1) is 17.6 Å². The fourth-order valence-electron chi connectivity index (χ4n) is 2.50. The number of likely N-dealkylation sites (tertiary alicyclic amines) is 1. The zero-order valence-electron chi connectivity index (χ0n) is 11.3. The molecule has 1 fully saturated rings. The predicted molar refractivity (Wildman–Crippen MR) is 71.1 cm³/mol. The molecule has 0 aromatic heterocycles. The first-order chi connectivity index (χ1) is 9.40. The molecule has 1 aromatic carbocycles. The van der Waals surface area contributed by atoms with E-state index in [1.807, 2.05) is 0 Å². The van der Waals surface area contributed by atoms with E-state index in [1.54, 1.807) is 11.8 Å². The number of hydrogen-bond acceptors (Lipinski definition) is 3. The molecule has 0 radical (unpaired) electrons. The Balaban J connectivity index is 2.11. The van der Waals surface area contributed by atoms with Gasteiger partial charge in [0.1, 0.15) is 0 Å². The summed E-state index contributed by atoms with van der Waals surface area (Å²) < 4.78 is 26.2. The van der Waals surface area contributed by atoms with E-state index in [2.05, 4.69) is 0 Å². The van der Waals surface area contributed by atoms with Crippen molar-refractivity contribution in [2.45, 2.75) is 25.9 Å². The first-order valence-corrected chi connectivity index (χ1v) is 6.62. The van der Waals surface area contributed by atoms with Gasteiger partial charge in [0.2, 0.25) is 0 Å². The molecule has 1 saturated heterocycles. The zero-order chi connectivity index (χ0) is 14.9. The fourth-order valence-corrected chi connectivity index (χ4v) is 2.50. The van der Waals surface area contributed by atoms with Gasteiger partial charge in [-0.1, -0.05) is 0 Å². The van der Waals surface area contributed by atoms with Gasteiger partial charge in [0.15, 0.2) is 11.6 Å². The first-order valence-electron chi connectivity index (χ1n) is 6.62. The summed E-state index contributed by atoms with van der Waals surface area (Å²) in [6.45, 7) is 2.69. The minimum Gasteiger partial charge on any atom is -0.398 e.